The van der Waals surface area contributed by atoms with Crippen LogP contribution in [0.2, 0.25) is 0 Å². The van der Waals surface area contributed by atoms with E-state index in [1.807, 2.05) is 12.1 Å². The van der Waals surface area contributed by atoms with Gasteiger partial charge in [0.25, 0.3) is 0 Å². The molecule has 0 aromatic heterocycles. The highest BCUT2D eigenvalue weighted by atomic mass is 16.5. The van der Waals surface area contributed by atoms with Gasteiger partial charge >= 0.3 is 0 Å². The lowest BCUT2D eigenvalue weighted by molar-refractivity contribution is 0.00752. The zero-order valence-electron chi connectivity index (χ0n) is 7.36. The molecule has 0 saturated carbocycles. The van der Waals surface area contributed by atoms with E-state index in [4.69, 9.17) is 4.74 Å². The molecule has 2 N–H and O–H groups in total. The molecule has 0 aliphatic carbocycles. The molecule has 70 valence electrons. The molecule has 0 amide bonds. The Labute approximate surface area is 77.3 Å². The Hall–Kier alpha value is -1.06. The summed E-state index contributed by atoms with van der Waals surface area (Å²) in [6, 6.07) is 7.17. The Morgan fingerprint density at radius 2 is 2.31 bits per heavy atom. The van der Waals surface area contributed by atoms with Crippen LogP contribution in [0.4, 0.5) is 0 Å². The summed E-state index contributed by atoms with van der Waals surface area (Å²) in [6.07, 6.45) is 0.349. The van der Waals surface area contributed by atoms with Gasteiger partial charge < -0.3 is 15.2 Å². The van der Waals surface area contributed by atoms with Crippen molar-refractivity contribution >= 4 is 0 Å². The van der Waals surface area contributed by atoms with Crippen LogP contribution in [0.1, 0.15) is 5.56 Å². The van der Waals surface area contributed by atoms with Gasteiger partial charge in [-0.3, -0.25) is 0 Å². The highest BCUT2D eigenvalue weighted by Gasteiger charge is 2.16. The van der Waals surface area contributed by atoms with Crippen molar-refractivity contribution in [3.05, 3.63) is 29.8 Å². The number of phenolic OH excluding ortho intramolecular Hbond substituents is 1. The van der Waals surface area contributed by atoms with Crippen LogP contribution in [0, 0.1) is 0 Å². The summed E-state index contributed by atoms with van der Waals surface area (Å²) >= 11 is 0. The molecule has 1 aliphatic rings. The molecule has 0 atom stereocenters. The molecule has 13 heavy (non-hydrogen) atoms. The average molecular weight is 179 g/mol. The predicted octanol–water partition coefficient (Wildman–Crippen LogP) is 0.881. The first-order valence-corrected chi connectivity index (χ1v) is 4.45. The van der Waals surface area contributed by atoms with Crippen molar-refractivity contribution in [3.8, 4) is 5.75 Å². The molecule has 1 aromatic rings. The summed E-state index contributed by atoms with van der Waals surface area (Å²) in [5, 5.41) is 12.3. The van der Waals surface area contributed by atoms with Crippen LogP contribution in [-0.2, 0) is 11.3 Å². The number of aromatic hydroxyl groups is 1. The first-order chi connectivity index (χ1) is 6.34. The van der Waals surface area contributed by atoms with E-state index >= 15 is 0 Å². The number of hydrogen-bond donors (Lipinski definition) is 2. The second kappa shape index (κ2) is 3.77. The van der Waals surface area contributed by atoms with E-state index in [2.05, 4.69) is 5.32 Å². The second-order valence-corrected chi connectivity index (χ2v) is 3.26. The number of benzene rings is 1. The summed E-state index contributed by atoms with van der Waals surface area (Å²) in [5.41, 5.74) is 1.02. The Morgan fingerprint density at radius 1 is 1.46 bits per heavy atom. The van der Waals surface area contributed by atoms with Crippen molar-refractivity contribution in [2.24, 2.45) is 0 Å². The first-order valence-electron chi connectivity index (χ1n) is 4.45. The van der Waals surface area contributed by atoms with Crippen LogP contribution < -0.4 is 5.32 Å². The summed E-state index contributed by atoms with van der Waals surface area (Å²) in [7, 11) is 0. The number of phenols is 1. The molecular weight excluding hydrogens is 166 g/mol. The molecule has 3 nitrogen and oxygen atoms in total. The summed E-state index contributed by atoms with van der Waals surface area (Å²) < 4.78 is 5.55. The lowest BCUT2D eigenvalue weighted by Crippen LogP contribution is -2.48. The molecule has 1 aromatic carbocycles. The van der Waals surface area contributed by atoms with Gasteiger partial charge in [0.15, 0.2) is 0 Å². The van der Waals surface area contributed by atoms with Crippen LogP contribution in [0.3, 0.4) is 0 Å². The summed E-state index contributed by atoms with van der Waals surface area (Å²) in [5.74, 6) is 0.299. The van der Waals surface area contributed by atoms with Gasteiger partial charge in [-0.1, -0.05) is 12.1 Å². The highest BCUT2D eigenvalue weighted by molar-refractivity contribution is 5.26. The predicted molar refractivity (Wildman–Crippen MR) is 49.6 cm³/mol. The van der Waals surface area contributed by atoms with Crippen molar-refractivity contribution in [1.29, 1.82) is 0 Å². The van der Waals surface area contributed by atoms with Gasteiger partial charge in [-0.05, 0) is 17.7 Å². The van der Waals surface area contributed by atoms with Crippen molar-refractivity contribution in [1.82, 2.24) is 5.32 Å². The maximum atomic E-state index is 9.18. The van der Waals surface area contributed by atoms with Gasteiger partial charge in [0.2, 0.25) is 0 Å². The number of nitrogens with one attached hydrogen (secondary N) is 1. The molecule has 3 heteroatoms. The number of ether oxygens (including phenoxy) is 1. The van der Waals surface area contributed by atoms with Crippen molar-refractivity contribution in [2.75, 3.05) is 13.1 Å². The molecule has 1 fully saturated rings. The largest absolute Gasteiger partial charge is 0.508 e. The first kappa shape index (κ1) is 8.53. The maximum absolute atomic E-state index is 9.18. The summed E-state index contributed by atoms with van der Waals surface area (Å²) in [6.45, 7) is 2.47. The molecule has 0 bridgehead atoms. The molecular formula is C10H13NO2. The van der Waals surface area contributed by atoms with Crippen LogP contribution in [0.15, 0.2) is 24.3 Å². The van der Waals surface area contributed by atoms with Gasteiger partial charge in [-0.15, -0.1) is 0 Å². The van der Waals surface area contributed by atoms with Crippen molar-refractivity contribution < 1.29 is 9.84 Å². The molecule has 2 rings (SSSR count). The van der Waals surface area contributed by atoms with Gasteiger partial charge in [0, 0.05) is 13.1 Å². The Kier molecular flexibility index (Phi) is 2.47. The molecule has 0 spiro atoms. The van der Waals surface area contributed by atoms with Gasteiger partial charge in [0.05, 0.1) is 12.7 Å². The van der Waals surface area contributed by atoms with E-state index in [1.165, 1.54) is 0 Å². The van der Waals surface area contributed by atoms with Gasteiger partial charge in [-0.2, -0.15) is 0 Å². The fourth-order valence-corrected chi connectivity index (χ4v) is 1.24. The lowest BCUT2D eigenvalue weighted by atomic mass is 10.2. The fourth-order valence-electron chi connectivity index (χ4n) is 1.24. The van der Waals surface area contributed by atoms with Crippen molar-refractivity contribution in [3.63, 3.8) is 0 Å². The standard InChI is InChI=1S/C10H13NO2/c12-9-3-1-2-8(4-9)7-13-10-5-11-6-10/h1-4,10-12H,5-7H2. The fraction of sp³-hybridized carbons (Fsp3) is 0.400. The Morgan fingerprint density at radius 3 is 2.92 bits per heavy atom. The van der Waals surface area contributed by atoms with Gasteiger partial charge in [-0.25, -0.2) is 0 Å². The molecule has 1 heterocycles. The Balaban J connectivity index is 1.86. The summed E-state index contributed by atoms with van der Waals surface area (Å²) in [4.78, 5) is 0. The zero-order valence-corrected chi connectivity index (χ0v) is 7.36. The number of hydrogen-bond acceptors (Lipinski definition) is 3. The zero-order chi connectivity index (χ0) is 9.10. The van der Waals surface area contributed by atoms with E-state index in [9.17, 15) is 5.11 Å². The minimum atomic E-state index is 0.299. The molecule has 0 unspecified atom stereocenters. The molecule has 1 saturated heterocycles. The minimum absolute atomic E-state index is 0.299. The molecule has 1 aliphatic heterocycles. The number of rotatable bonds is 3. The van der Waals surface area contributed by atoms with Crippen LogP contribution in [-0.4, -0.2) is 24.3 Å². The monoisotopic (exact) mass is 179 g/mol. The topological polar surface area (TPSA) is 41.5 Å². The van der Waals surface area contributed by atoms with E-state index in [0.29, 0.717) is 18.5 Å². The van der Waals surface area contributed by atoms with Crippen LogP contribution >= 0.6 is 0 Å². The van der Waals surface area contributed by atoms with E-state index in [1.54, 1.807) is 12.1 Å². The van der Waals surface area contributed by atoms with Crippen LogP contribution in [0.5, 0.6) is 5.75 Å². The quantitative estimate of drug-likeness (QED) is 0.723. The Bertz CT molecular complexity index is 284. The third-order valence-corrected chi connectivity index (χ3v) is 2.14. The second-order valence-electron chi connectivity index (χ2n) is 3.26. The van der Waals surface area contributed by atoms with E-state index < -0.39 is 0 Å². The average Bonchev–Trinajstić information content (AvgIpc) is 2.01. The molecule has 0 radical (unpaired) electrons. The maximum Gasteiger partial charge on any atom is 0.115 e. The lowest BCUT2D eigenvalue weighted by Gasteiger charge is -2.27. The normalized spacial score (nSPS) is 16.9. The van der Waals surface area contributed by atoms with E-state index in [-0.39, 0.29) is 0 Å². The highest BCUT2D eigenvalue weighted by Crippen LogP contribution is 2.12. The minimum Gasteiger partial charge on any atom is -0.508 e. The van der Waals surface area contributed by atoms with E-state index in [0.717, 1.165) is 18.7 Å². The van der Waals surface area contributed by atoms with Crippen LogP contribution in [0.25, 0.3) is 0 Å². The van der Waals surface area contributed by atoms with Gasteiger partial charge in [0.1, 0.15) is 5.75 Å². The van der Waals surface area contributed by atoms with Crippen molar-refractivity contribution in [2.45, 2.75) is 12.7 Å². The third-order valence-electron chi connectivity index (χ3n) is 2.14. The SMILES string of the molecule is Oc1cccc(COC2CNC2)c1. The third kappa shape index (κ3) is 2.20. The smallest absolute Gasteiger partial charge is 0.115 e.